The molecule has 1 aliphatic heterocycles. The van der Waals surface area contributed by atoms with Crippen molar-refractivity contribution in [1.82, 2.24) is 0 Å². The highest BCUT2D eigenvalue weighted by Gasteiger charge is 2.23. The molecule has 6 heteroatoms. The highest BCUT2D eigenvalue weighted by Crippen LogP contribution is 2.30. The zero-order valence-corrected chi connectivity index (χ0v) is 14.6. The van der Waals surface area contributed by atoms with Crippen molar-refractivity contribution in [2.45, 2.75) is 31.6 Å². The molecular weight excluding hydrogens is 324 g/mol. The van der Waals surface area contributed by atoms with E-state index in [1.807, 2.05) is 26.0 Å². The summed E-state index contributed by atoms with van der Waals surface area (Å²) in [7, 11) is -3.62. The SMILES string of the molecule is CCN1C(=O)CCc2cc(NS(=O)(=O)c3ccc(C)cc3)ccc21. The van der Waals surface area contributed by atoms with Crippen LogP contribution in [0.1, 0.15) is 24.5 Å². The summed E-state index contributed by atoms with van der Waals surface area (Å²) in [6.45, 7) is 4.45. The topological polar surface area (TPSA) is 66.5 Å². The van der Waals surface area contributed by atoms with E-state index < -0.39 is 10.0 Å². The fraction of sp³-hybridized carbons (Fsp3) is 0.278. The van der Waals surface area contributed by atoms with Gasteiger partial charge in [0.2, 0.25) is 5.91 Å². The van der Waals surface area contributed by atoms with Gasteiger partial charge in [-0.15, -0.1) is 0 Å². The fourth-order valence-corrected chi connectivity index (χ4v) is 3.95. The first kappa shape index (κ1) is 16.5. The lowest BCUT2D eigenvalue weighted by molar-refractivity contribution is -0.118. The summed E-state index contributed by atoms with van der Waals surface area (Å²) in [5.41, 5.74) is 3.37. The Morgan fingerprint density at radius 1 is 1.08 bits per heavy atom. The first-order valence-electron chi connectivity index (χ1n) is 7.93. The number of sulfonamides is 1. The van der Waals surface area contributed by atoms with E-state index in [-0.39, 0.29) is 10.8 Å². The molecule has 5 nitrogen and oxygen atoms in total. The van der Waals surface area contributed by atoms with Gasteiger partial charge in [0, 0.05) is 24.3 Å². The number of anilines is 2. The summed E-state index contributed by atoms with van der Waals surface area (Å²) in [6.07, 6.45) is 1.08. The molecule has 0 radical (unpaired) electrons. The second-order valence-corrected chi connectivity index (χ2v) is 7.58. The molecule has 0 atom stereocenters. The normalized spacial score (nSPS) is 14.4. The third kappa shape index (κ3) is 3.14. The predicted octanol–water partition coefficient (Wildman–Crippen LogP) is 3.09. The highest BCUT2D eigenvalue weighted by atomic mass is 32.2. The quantitative estimate of drug-likeness (QED) is 0.927. The third-order valence-corrected chi connectivity index (χ3v) is 5.58. The molecule has 0 aromatic heterocycles. The van der Waals surface area contributed by atoms with E-state index in [1.165, 1.54) is 0 Å². The third-order valence-electron chi connectivity index (χ3n) is 4.18. The Balaban J connectivity index is 1.89. The molecule has 2 aromatic carbocycles. The number of benzene rings is 2. The summed E-state index contributed by atoms with van der Waals surface area (Å²) in [6, 6.07) is 12.0. The van der Waals surface area contributed by atoms with Crippen LogP contribution in [0.2, 0.25) is 0 Å². The Hall–Kier alpha value is -2.34. The van der Waals surface area contributed by atoms with Crippen LogP contribution in [0, 0.1) is 6.92 Å². The molecule has 0 aliphatic carbocycles. The van der Waals surface area contributed by atoms with Crippen molar-refractivity contribution in [2.75, 3.05) is 16.2 Å². The molecule has 3 rings (SSSR count). The number of carbonyl (C=O) groups is 1. The summed E-state index contributed by atoms with van der Waals surface area (Å²) in [5, 5.41) is 0. The van der Waals surface area contributed by atoms with E-state index in [9.17, 15) is 13.2 Å². The minimum Gasteiger partial charge on any atom is -0.312 e. The zero-order chi connectivity index (χ0) is 17.3. The van der Waals surface area contributed by atoms with Crippen molar-refractivity contribution in [3.63, 3.8) is 0 Å². The van der Waals surface area contributed by atoms with Crippen LogP contribution >= 0.6 is 0 Å². The van der Waals surface area contributed by atoms with Crippen molar-refractivity contribution in [3.8, 4) is 0 Å². The van der Waals surface area contributed by atoms with Crippen LogP contribution < -0.4 is 9.62 Å². The molecule has 1 amide bonds. The van der Waals surface area contributed by atoms with Gasteiger partial charge in [0.25, 0.3) is 10.0 Å². The second kappa shape index (κ2) is 6.28. The number of carbonyl (C=O) groups excluding carboxylic acids is 1. The van der Waals surface area contributed by atoms with Gasteiger partial charge in [-0.05, 0) is 56.2 Å². The average Bonchev–Trinajstić information content (AvgIpc) is 2.55. The van der Waals surface area contributed by atoms with Gasteiger partial charge in [0.1, 0.15) is 0 Å². The largest absolute Gasteiger partial charge is 0.312 e. The van der Waals surface area contributed by atoms with Gasteiger partial charge in [0.05, 0.1) is 4.90 Å². The van der Waals surface area contributed by atoms with Crippen LogP contribution in [-0.2, 0) is 21.2 Å². The van der Waals surface area contributed by atoms with E-state index >= 15 is 0 Å². The number of amides is 1. The van der Waals surface area contributed by atoms with Crippen molar-refractivity contribution in [3.05, 3.63) is 53.6 Å². The molecule has 24 heavy (non-hydrogen) atoms. The van der Waals surface area contributed by atoms with Crippen molar-refractivity contribution >= 4 is 27.3 Å². The number of fused-ring (bicyclic) bond motifs is 1. The van der Waals surface area contributed by atoms with Crippen molar-refractivity contribution in [1.29, 1.82) is 0 Å². The summed E-state index contributed by atoms with van der Waals surface area (Å²) in [4.78, 5) is 13.9. The van der Waals surface area contributed by atoms with E-state index in [0.717, 1.165) is 16.8 Å². The molecule has 2 aromatic rings. The van der Waals surface area contributed by atoms with Gasteiger partial charge in [-0.3, -0.25) is 9.52 Å². The Labute approximate surface area is 142 Å². The molecule has 1 heterocycles. The smallest absolute Gasteiger partial charge is 0.261 e. The van der Waals surface area contributed by atoms with Crippen molar-refractivity contribution in [2.24, 2.45) is 0 Å². The summed E-state index contributed by atoms with van der Waals surface area (Å²) in [5.74, 6) is 0.109. The first-order valence-corrected chi connectivity index (χ1v) is 9.42. The lowest BCUT2D eigenvalue weighted by Crippen LogP contribution is -2.34. The number of hydrogen-bond donors (Lipinski definition) is 1. The fourth-order valence-electron chi connectivity index (χ4n) is 2.90. The lowest BCUT2D eigenvalue weighted by atomic mass is 10.0. The van der Waals surface area contributed by atoms with Crippen LogP contribution in [0.5, 0.6) is 0 Å². The molecule has 1 aliphatic rings. The Morgan fingerprint density at radius 3 is 2.46 bits per heavy atom. The van der Waals surface area contributed by atoms with Crippen LogP contribution in [0.4, 0.5) is 11.4 Å². The first-order chi connectivity index (χ1) is 11.4. The molecule has 0 spiro atoms. The number of nitrogens with one attached hydrogen (secondary N) is 1. The lowest BCUT2D eigenvalue weighted by Gasteiger charge is -2.28. The number of rotatable bonds is 4. The maximum Gasteiger partial charge on any atom is 0.261 e. The second-order valence-electron chi connectivity index (χ2n) is 5.90. The van der Waals surface area contributed by atoms with Crippen LogP contribution in [-0.4, -0.2) is 20.9 Å². The molecule has 0 fully saturated rings. The van der Waals surface area contributed by atoms with Crippen LogP contribution in [0.15, 0.2) is 47.4 Å². The minimum absolute atomic E-state index is 0.109. The molecule has 0 unspecified atom stereocenters. The Kier molecular flexibility index (Phi) is 4.32. The molecule has 0 saturated carbocycles. The standard InChI is InChI=1S/C18H20N2O3S/c1-3-20-17-10-7-15(12-14(17)6-11-18(20)21)19-24(22,23)16-8-4-13(2)5-9-16/h4-5,7-10,12,19H,3,6,11H2,1-2H3. The maximum atomic E-state index is 12.5. The monoisotopic (exact) mass is 344 g/mol. The number of hydrogen-bond acceptors (Lipinski definition) is 3. The van der Waals surface area contributed by atoms with Gasteiger partial charge in [-0.2, -0.15) is 0 Å². The number of nitrogens with zero attached hydrogens (tertiary/aromatic N) is 1. The van der Waals surface area contributed by atoms with Gasteiger partial charge in [-0.25, -0.2) is 8.42 Å². The molecule has 0 bridgehead atoms. The van der Waals surface area contributed by atoms with Crippen molar-refractivity contribution < 1.29 is 13.2 Å². The van der Waals surface area contributed by atoms with E-state index in [2.05, 4.69) is 4.72 Å². The van der Waals surface area contributed by atoms with E-state index in [4.69, 9.17) is 0 Å². The predicted molar refractivity (Wildman–Crippen MR) is 94.8 cm³/mol. The Morgan fingerprint density at radius 2 is 1.79 bits per heavy atom. The van der Waals surface area contributed by atoms with Gasteiger partial charge < -0.3 is 4.90 Å². The summed E-state index contributed by atoms with van der Waals surface area (Å²) >= 11 is 0. The average molecular weight is 344 g/mol. The zero-order valence-electron chi connectivity index (χ0n) is 13.7. The van der Waals surface area contributed by atoms with Gasteiger partial charge in [-0.1, -0.05) is 17.7 Å². The number of aryl methyl sites for hydroxylation is 2. The highest BCUT2D eigenvalue weighted by molar-refractivity contribution is 7.92. The van der Waals surface area contributed by atoms with Crippen LogP contribution in [0.25, 0.3) is 0 Å². The maximum absolute atomic E-state index is 12.5. The Bertz CT molecular complexity index is 874. The van der Waals surface area contributed by atoms with Crippen LogP contribution in [0.3, 0.4) is 0 Å². The molecule has 0 saturated heterocycles. The molecule has 1 N–H and O–H groups in total. The van der Waals surface area contributed by atoms with E-state index in [0.29, 0.717) is 25.1 Å². The van der Waals surface area contributed by atoms with Gasteiger partial charge >= 0.3 is 0 Å². The summed E-state index contributed by atoms with van der Waals surface area (Å²) < 4.78 is 27.6. The molecular formula is C18H20N2O3S. The molecule has 126 valence electrons. The minimum atomic E-state index is -3.62. The van der Waals surface area contributed by atoms with Gasteiger partial charge in [0.15, 0.2) is 0 Å². The van der Waals surface area contributed by atoms with E-state index in [1.54, 1.807) is 35.2 Å².